The SMILES string of the molecule is CCOc1cccc(-c2cc(C(F)(F)F)nc(Cl)n2)c1. The van der Waals surface area contributed by atoms with Gasteiger partial charge in [0.15, 0.2) is 0 Å². The third kappa shape index (κ3) is 3.39. The Kier molecular flexibility index (Phi) is 4.13. The minimum absolute atomic E-state index is 0.0962. The smallest absolute Gasteiger partial charge is 0.433 e. The molecule has 0 saturated heterocycles. The molecule has 2 aromatic rings. The van der Waals surface area contributed by atoms with Gasteiger partial charge in [0, 0.05) is 5.56 Å². The Morgan fingerprint density at radius 3 is 2.60 bits per heavy atom. The number of nitrogens with zero attached hydrogens (tertiary/aromatic N) is 2. The predicted octanol–water partition coefficient (Wildman–Crippen LogP) is 4.21. The summed E-state index contributed by atoms with van der Waals surface area (Å²) in [5, 5.41) is -0.448. The van der Waals surface area contributed by atoms with Crippen LogP contribution in [0.15, 0.2) is 30.3 Å². The third-order valence-corrected chi connectivity index (χ3v) is 2.60. The van der Waals surface area contributed by atoms with E-state index in [-0.39, 0.29) is 5.69 Å². The fourth-order valence-corrected chi connectivity index (χ4v) is 1.80. The van der Waals surface area contributed by atoms with E-state index in [1.165, 1.54) is 0 Å². The van der Waals surface area contributed by atoms with Gasteiger partial charge in [0.05, 0.1) is 12.3 Å². The Labute approximate surface area is 118 Å². The van der Waals surface area contributed by atoms with Crippen LogP contribution in [-0.2, 0) is 6.18 Å². The van der Waals surface area contributed by atoms with E-state index in [9.17, 15) is 13.2 Å². The van der Waals surface area contributed by atoms with Gasteiger partial charge in [-0.15, -0.1) is 0 Å². The van der Waals surface area contributed by atoms with Crippen molar-refractivity contribution in [1.29, 1.82) is 0 Å². The van der Waals surface area contributed by atoms with Crippen molar-refractivity contribution in [2.75, 3.05) is 6.61 Å². The molecule has 7 heteroatoms. The summed E-state index contributed by atoms with van der Waals surface area (Å²) < 4.78 is 43.4. The quantitative estimate of drug-likeness (QED) is 0.796. The number of alkyl halides is 3. The van der Waals surface area contributed by atoms with E-state index in [1.54, 1.807) is 24.3 Å². The van der Waals surface area contributed by atoms with E-state index < -0.39 is 17.2 Å². The van der Waals surface area contributed by atoms with Gasteiger partial charge in [-0.3, -0.25) is 0 Å². The maximum atomic E-state index is 12.7. The Morgan fingerprint density at radius 1 is 1.20 bits per heavy atom. The zero-order chi connectivity index (χ0) is 14.8. The highest BCUT2D eigenvalue weighted by molar-refractivity contribution is 6.28. The molecule has 0 aliphatic carbocycles. The number of halogens is 4. The van der Waals surface area contributed by atoms with Gasteiger partial charge in [0.1, 0.15) is 11.4 Å². The van der Waals surface area contributed by atoms with Crippen molar-refractivity contribution < 1.29 is 17.9 Å². The summed E-state index contributed by atoms with van der Waals surface area (Å²) in [5.74, 6) is 0.549. The maximum absolute atomic E-state index is 12.7. The van der Waals surface area contributed by atoms with Crippen LogP contribution in [0.3, 0.4) is 0 Å². The van der Waals surface area contributed by atoms with Crippen LogP contribution >= 0.6 is 11.6 Å². The second-order valence-corrected chi connectivity index (χ2v) is 4.20. The average Bonchev–Trinajstić information content (AvgIpc) is 2.38. The molecular formula is C13H10ClF3N2O. The molecule has 20 heavy (non-hydrogen) atoms. The molecule has 1 heterocycles. The summed E-state index contributed by atoms with van der Waals surface area (Å²) in [5.41, 5.74) is -0.501. The summed E-state index contributed by atoms with van der Waals surface area (Å²) in [6, 6.07) is 7.46. The lowest BCUT2D eigenvalue weighted by Gasteiger charge is -2.09. The lowest BCUT2D eigenvalue weighted by atomic mass is 10.1. The van der Waals surface area contributed by atoms with Gasteiger partial charge >= 0.3 is 6.18 Å². The minimum atomic E-state index is -4.57. The molecule has 0 atom stereocenters. The molecule has 0 bridgehead atoms. The second kappa shape index (κ2) is 5.66. The van der Waals surface area contributed by atoms with Gasteiger partial charge in [-0.05, 0) is 36.7 Å². The van der Waals surface area contributed by atoms with Crippen molar-refractivity contribution in [1.82, 2.24) is 9.97 Å². The van der Waals surface area contributed by atoms with E-state index in [1.807, 2.05) is 6.92 Å². The monoisotopic (exact) mass is 302 g/mol. The van der Waals surface area contributed by atoms with Crippen LogP contribution in [0.25, 0.3) is 11.3 Å². The highest BCUT2D eigenvalue weighted by atomic mass is 35.5. The van der Waals surface area contributed by atoms with Crippen molar-refractivity contribution in [3.8, 4) is 17.0 Å². The molecule has 0 spiro atoms. The Hall–Kier alpha value is -1.82. The highest BCUT2D eigenvalue weighted by Crippen LogP contribution is 2.31. The Bertz CT molecular complexity index is 617. The van der Waals surface area contributed by atoms with Crippen molar-refractivity contribution in [2.24, 2.45) is 0 Å². The molecule has 0 unspecified atom stereocenters. The fraction of sp³-hybridized carbons (Fsp3) is 0.231. The number of aromatic nitrogens is 2. The molecule has 0 radical (unpaired) electrons. The largest absolute Gasteiger partial charge is 0.494 e. The Morgan fingerprint density at radius 2 is 1.95 bits per heavy atom. The maximum Gasteiger partial charge on any atom is 0.433 e. The molecule has 1 aromatic carbocycles. The van der Waals surface area contributed by atoms with Crippen molar-refractivity contribution in [2.45, 2.75) is 13.1 Å². The lowest BCUT2D eigenvalue weighted by molar-refractivity contribution is -0.141. The van der Waals surface area contributed by atoms with Crippen molar-refractivity contribution in [3.05, 3.63) is 41.3 Å². The van der Waals surface area contributed by atoms with Gasteiger partial charge in [-0.1, -0.05) is 12.1 Å². The van der Waals surface area contributed by atoms with Gasteiger partial charge < -0.3 is 4.74 Å². The molecule has 0 amide bonds. The van der Waals surface area contributed by atoms with E-state index in [0.29, 0.717) is 17.9 Å². The van der Waals surface area contributed by atoms with Gasteiger partial charge in [-0.25, -0.2) is 9.97 Å². The van der Waals surface area contributed by atoms with Crippen LogP contribution in [0.1, 0.15) is 12.6 Å². The fourth-order valence-electron chi connectivity index (χ4n) is 1.62. The number of rotatable bonds is 3. The summed E-state index contributed by atoms with van der Waals surface area (Å²) >= 11 is 5.55. The van der Waals surface area contributed by atoms with Gasteiger partial charge in [-0.2, -0.15) is 13.2 Å². The van der Waals surface area contributed by atoms with Gasteiger partial charge in [0.2, 0.25) is 5.28 Å². The van der Waals surface area contributed by atoms with Crippen LogP contribution < -0.4 is 4.74 Å². The molecule has 106 valence electrons. The number of benzene rings is 1. The standard InChI is InChI=1S/C13H10ClF3N2O/c1-2-20-9-5-3-4-8(6-9)10-7-11(13(15,16)17)19-12(14)18-10/h3-7H,2H2,1H3. The first kappa shape index (κ1) is 14.6. The number of hydrogen-bond donors (Lipinski definition) is 0. The molecule has 0 N–H and O–H groups in total. The summed E-state index contributed by atoms with van der Waals surface area (Å²) in [7, 11) is 0. The molecule has 2 rings (SSSR count). The van der Waals surface area contributed by atoms with Crippen LogP contribution in [0, 0.1) is 0 Å². The summed E-state index contributed by atoms with van der Waals surface area (Å²) in [4.78, 5) is 7.01. The van der Waals surface area contributed by atoms with Gasteiger partial charge in [0.25, 0.3) is 0 Å². The van der Waals surface area contributed by atoms with Crippen LogP contribution in [-0.4, -0.2) is 16.6 Å². The molecule has 0 aliphatic heterocycles. The zero-order valence-corrected chi connectivity index (χ0v) is 11.2. The normalized spacial score (nSPS) is 11.4. The van der Waals surface area contributed by atoms with E-state index in [4.69, 9.17) is 16.3 Å². The first-order valence-electron chi connectivity index (χ1n) is 5.75. The van der Waals surface area contributed by atoms with E-state index >= 15 is 0 Å². The number of ether oxygens (including phenoxy) is 1. The lowest BCUT2D eigenvalue weighted by Crippen LogP contribution is -2.09. The molecule has 0 fully saturated rings. The highest BCUT2D eigenvalue weighted by Gasteiger charge is 2.33. The third-order valence-electron chi connectivity index (χ3n) is 2.43. The first-order chi connectivity index (χ1) is 9.40. The Balaban J connectivity index is 2.47. The molecule has 0 saturated carbocycles. The summed E-state index contributed by atoms with van der Waals surface area (Å²) in [6.07, 6.45) is -4.57. The summed E-state index contributed by atoms with van der Waals surface area (Å²) in [6.45, 7) is 2.28. The number of hydrogen-bond acceptors (Lipinski definition) is 3. The first-order valence-corrected chi connectivity index (χ1v) is 6.13. The van der Waals surface area contributed by atoms with Crippen LogP contribution in [0.4, 0.5) is 13.2 Å². The molecule has 3 nitrogen and oxygen atoms in total. The van der Waals surface area contributed by atoms with Crippen LogP contribution in [0.2, 0.25) is 5.28 Å². The topological polar surface area (TPSA) is 35.0 Å². The zero-order valence-electron chi connectivity index (χ0n) is 10.4. The van der Waals surface area contributed by atoms with E-state index in [0.717, 1.165) is 6.07 Å². The predicted molar refractivity (Wildman–Crippen MR) is 68.6 cm³/mol. The van der Waals surface area contributed by atoms with Crippen LogP contribution in [0.5, 0.6) is 5.75 Å². The van der Waals surface area contributed by atoms with Crippen molar-refractivity contribution in [3.63, 3.8) is 0 Å². The molecule has 0 aliphatic rings. The van der Waals surface area contributed by atoms with Crippen molar-refractivity contribution >= 4 is 11.6 Å². The van der Waals surface area contributed by atoms with E-state index in [2.05, 4.69) is 9.97 Å². The second-order valence-electron chi connectivity index (χ2n) is 3.87. The molecule has 1 aromatic heterocycles. The molecular weight excluding hydrogens is 293 g/mol. The minimum Gasteiger partial charge on any atom is -0.494 e. The average molecular weight is 303 g/mol.